The summed E-state index contributed by atoms with van der Waals surface area (Å²) < 4.78 is 36.3. The zero-order chi connectivity index (χ0) is 23.1. The minimum absolute atomic E-state index is 0. The molecule has 4 rings (SSSR count). The fraction of sp³-hybridized carbons (Fsp3) is 0.429. The van der Waals surface area contributed by atoms with Gasteiger partial charge in [0, 0.05) is 49.8 Å². The summed E-state index contributed by atoms with van der Waals surface area (Å²) in [6.45, 7) is 6.24. The summed E-state index contributed by atoms with van der Waals surface area (Å²) >= 11 is 20.2. The zero-order valence-corrected chi connectivity index (χ0v) is 22.7. The number of rotatable bonds is 4. The van der Waals surface area contributed by atoms with Gasteiger partial charge in [-0.3, -0.25) is 4.90 Å². The maximum absolute atomic E-state index is 12.2. The predicted molar refractivity (Wildman–Crippen MR) is 131 cm³/mol. The minimum Gasteiger partial charge on any atom is -0.781 e. The van der Waals surface area contributed by atoms with Crippen molar-refractivity contribution in [3.63, 3.8) is 0 Å². The van der Waals surface area contributed by atoms with E-state index in [4.69, 9.17) is 60.0 Å². The van der Waals surface area contributed by atoms with E-state index >= 15 is 0 Å². The minimum atomic E-state index is -3.46. The smallest absolute Gasteiger partial charge is 0.243 e. The van der Waals surface area contributed by atoms with E-state index in [-0.39, 0.29) is 22.0 Å². The molecule has 1 radical (unpaired) electrons. The van der Waals surface area contributed by atoms with E-state index in [2.05, 4.69) is 11.0 Å². The number of nitrogens with zero attached hydrogens (tertiary/aromatic N) is 2. The van der Waals surface area contributed by atoms with E-state index in [0.29, 0.717) is 36.1 Å². The summed E-state index contributed by atoms with van der Waals surface area (Å²) in [6, 6.07) is 10.5. The molecule has 187 valence electrons. The third kappa shape index (κ3) is 8.36. The molecule has 0 aliphatic carbocycles. The average molecular weight is 592 g/mol. The standard InChI is InChI=1S/C11H15NOS2.C10H13NO3S3.Cu/c14-10-2-1-9(7-11(10)15)8-12-3-5-13-6-4-12;12-17(13,11-3-5-14-6-4-11)8-1-2-9(15)10(16)7-8;/h1-2,7,14-15H,3-6,8H2;1-2,7,15-16H,3-6H2;/p-4. The molecule has 0 saturated carbocycles. The molecule has 2 aliphatic rings. The molecule has 2 fully saturated rings. The molecular formula is C21H24CuN2O4S5-4. The summed E-state index contributed by atoms with van der Waals surface area (Å²) in [5, 5.41) is 0. The molecule has 0 aromatic heterocycles. The fourth-order valence-electron chi connectivity index (χ4n) is 3.25. The molecule has 2 aromatic rings. The maximum atomic E-state index is 12.2. The SMILES string of the molecule is O=S(=O)(c1ccc([S-])c([S-])c1)N1CCOCC1.[Cu].[S-]c1ccc(CN2CCOCC2)cc1[S-]. The number of sulfonamides is 1. The summed E-state index contributed by atoms with van der Waals surface area (Å²) in [5.41, 5.74) is 1.25. The Morgan fingerprint density at radius 1 is 0.727 bits per heavy atom. The van der Waals surface area contributed by atoms with E-state index in [1.54, 1.807) is 6.07 Å². The Bertz CT molecular complexity index is 1010. The Morgan fingerprint density at radius 2 is 1.24 bits per heavy atom. The summed E-state index contributed by atoms with van der Waals surface area (Å²) in [6.07, 6.45) is 0. The molecule has 12 heteroatoms. The molecule has 0 amide bonds. The second-order valence-corrected chi connectivity index (χ2v) is 11.0. The molecule has 0 unspecified atom stereocenters. The van der Waals surface area contributed by atoms with Crippen LogP contribution in [-0.4, -0.2) is 70.2 Å². The first-order valence-electron chi connectivity index (χ1n) is 10.1. The van der Waals surface area contributed by atoms with Gasteiger partial charge in [-0.2, -0.15) is 23.9 Å². The van der Waals surface area contributed by atoms with Crippen LogP contribution >= 0.6 is 0 Å². The van der Waals surface area contributed by atoms with Crippen LogP contribution in [0.2, 0.25) is 0 Å². The summed E-state index contributed by atoms with van der Waals surface area (Å²) in [7, 11) is -3.46. The van der Waals surface area contributed by atoms with Crippen molar-refractivity contribution in [2.45, 2.75) is 31.0 Å². The maximum Gasteiger partial charge on any atom is 0.243 e. The number of hydrogen-bond donors (Lipinski definition) is 0. The van der Waals surface area contributed by atoms with Gasteiger partial charge in [0.1, 0.15) is 0 Å². The Hall–Kier alpha value is -0.371. The van der Waals surface area contributed by atoms with Crippen LogP contribution in [0.1, 0.15) is 5.56 Å². The zero-order valence-electron chi connectivity index (χ0n) is 17.7. The van der Waals surface area contributed by atoms with Crippen molar-refractivity contribution < 1.29 is 35.0 Å². The van der Waals surface area contributed by atoms with E-state index in [1.807, 2.05) is 12.1 Å². The largest absolute Gasteiger partial charge is 0.781 e. The number of morpholine rings is 2. The molecule has 2 aliphatic heterocycles. The third-order valence-electron chi connectivity index (χ3n) is 5.04. The second kappa shape index (κ2) is 13.6. The summed E-state index contributed by atoms with van der Waals surface area (Å²) in [5.74, 6) is 0. The number of ether oxygens (including phenoxy) is 2. The van der Waals surface area contributed by atoms with Crippen molar-refractivity contribution in [1.29, 1.82) is 0 Å². The van der Waals surface area contributed by atoms with Crippen LogP contribution in [0, 0.1) is 0 Å². The van der Waals surface area contributed by atoms with Gasteiger partial charge in [-0.25, -0.2) is 8.42 Å². The monoisotopic (exact) mass is 591 g/mol. The van der Waals surface area contributed by atoms with Crippen LogP contribution < -0.4 is 0 Å². The van der Waals surface area contributed by atoms with Gasteiger partial charge in [0.05, 0.1) is 31.3 Å². The van der Waals surface area contributed by atoms with Gasteiger partial charge in [0.15, 0.2) is 0 Å². The van der Waals surface area contributed by atoms with Crippen LogP contribution in [0.4, 0.5) is 0 Å². The van der Waals surface area contributed by atoms with Gasteiger partial charge in [-0.15, -0.1) is 0 Å². The van der Waals surface area contributed by atoms with Gasteiger partial charge < -0.3 is 60.0 Å². The first-order valence-corrected chi connectivity index (χ1v) is 13.2. The van der Waals surface area contributed by atoms with Gasteiger partial charge in [-0.05, 0) is 11.6 Å². The molecule has 2 saturated heterocycles. The molecular weight excluding hydrogens is 568 g/mol. The molecule has 2 heterocycles. The van der Waals surface area contributed by atoms with Gasteiger partial charge >= 0.3 is 0 Å². The van der Waals surface area contributed by atoms with Gasteiger partial charge in [-0.1, -0.05) is 30.3 Å². The van der Waals surface area contributed by atoms with Crippen LogP contribution in [0.3, 0.4) is 0 Å². The van der Waals surface area contributed by atoms with Crippen LogP contribution in [0.15, 0.2) is 60.9 Å². The number of hydrogen-bond acceptors (Lipinski definition) is 9. The van der Waals surface area contributed by atoms with Gasteiger partial charge in [0.25, 0.3) is 0 Å². The van der Waals surface area contributed by atoms with E-state index in [0.717, 1.165) is 42.6 Å². The normalized spacial score (nSPS) is 17.5. The van der Waals surface area contributed by atoms with Crippen LogP contribution in [-0.2, 0) is 93.6 Å². The van der Waals surface area contributed by atoms with Crippen LogP contribution in [0.5, 0.6) is 0 Å². The average Bonchev–Trinajstić information content (AvgIpc) is 2.80. The molecule has 0 atom stereocenters. The van der Waals surface area contributed by atoms with Crippen molar-refractivity contribution in [1.82, 2.24) is 9.21 Å². The molecule has 0 spiro atoms. The first-order chi connectivity index (χ1) is 15.3. The third-order valence-corrected chi connectivity index (χ3v) is 8.58. The molecule has 6 nitrogen and oxygen atoms in total. The topological polar surface area (TPSA) is 59.1 Å². The summed E-state index contributed by atoms with van der Waals surface area (Å²) in [4.78, 5) is 5.04. The predicted octanol–water partition coefficient (Wildman–Crippen LogP) is 1.85. The fourth-order valence-corrected chi connectivity index (χ4v) is 5.43. The van der Waals surface area contributed by atoms with E-state index in [1.165, 1.54) is 22.0 Å². The van der Waals surface area contributed by atoms with Gasteiger partial charge in [0.2, 0.25) is 10.0 Å². The van der Waals surface area contributed by atoms with Crippen molar-refractivity contribution >= 4 is 60.5 Å². The Kier molecular flexibility index (Phi) is 11.9. The Balaban J connectivity index is 0.000000228. The quantitative estimate of drug-likeness (QED) is 0.392. The van der Waals surface area contributed by atoms with Crippen molar-refractivity contribution in [3.05, 3.63) is 42.0 Å². The molecule has 0 bridgehead atoms. The van der Waals surface area contributed by atoms with E-state index in [9.17, 15) is 8.42 Å². The Morgan fingerprint density at radius 3 is 1.79 bits per heavy atom. The van der Waals surface area contributed by atoms with Crippen molar-refractivity contribution in [2.75, 3.05) is 52.6 Å². The van der Waals surface area contributed by atoms with Crippen LogP contribution in [0.25, 0.3) is 0 Å². The van der Waals surface area contributed by atoms with Crippen molar-refractivity contribution in [3.8, 4) is 0 Å². The van der Waals surface area contributed by atoms with Crippen molar-refractivity contribution in [2.24, 2.45) is 0 Å². The molecule has 0 N–H and O–H groups in total. The second-order valence-electron chi connectivity index (χ2n) is 7.29. The number of benzene rings is 2. The Labute approximate surface area is 228 Å². The first kappa shape index (κ1) is 28.9. The van der Waals surface area contributed by atoms with E-state index < -0.39 is 10.0 Å². The molecule has 33 heavy (non-hydrogen) atoms. The molecule has 2 aromatic carbocycles.